The number of halogens is 3. The molecule has 1 aliphatic heterocycles. The van der Waals surface area contributed by atoms with Crippen LogP contribution in [0.15, 0.2) is 54.1 Å². The second kappa shape index (κ2) is 7.66. The number of carbonyl (C=O) groups excluding carboxylic acids is 2. The van der Waals surface area contributed by atoms with Gasteiger partial charge >= 0.3 is 12.1 Å². The molecule has 0 unspecified atom stereocenters. The highest BCUT2D eigenvalue weighted by Crippen LogP contribution is 2.34. The van der Waals surface area contributed by atoms with Crippen LogP contribution in [0, 0.1) is 0 Å². The van der Waals surface area contributed by atoms with E-state index in [1.807, 2.05) is 0 Å². The Hall–Kier alpha value is -3.82. The molecule has 3 rings (SSSR count). The summed E-state index contributed by atoms with van der Waals surface area (Å²) in [6.07, 6.45) is -4.61. The average molecular weight is 406 g/mol. The van der Waals surface area contributed by atoms with E-state index in [0.717, 1.165) is 12.1 Å². The molecule has 0 aliphatic carbocycles. The third-order valence-electron chi connectivity index (χ3n) is 3.98. The Kier molecular flexibility index (Phi) is 5.26. The lowest BCUT2D eigenvalue weighted by Crippen LogP contribution is -2.28. The molecular weight excluding hydrogens is 393 g/mol. The lowest BCUT2D eigenvalue weighted by Gasteiger charge is -2.14. The van der Waals surface area contributed by atoms with Crippen LogP contribution < -0.4 is 15.6 Å². The van der Waals surface area contributed by atoms with Gasteiger partial charge in [0.15, 0.2) is 6.61 Å². The van der Waals surface area contributed by atoms with E-state index in [1.165, 1.54) is 36.4 Å². The van der Waals surface area contributed by atoms with Crippen molar-refractivity contribution in [1.82, 2.24) is 10.9 Å². The van der Waals surface area contributed by atoms with Crippen molar-refractivity contribution in [3.8, 4) is 5.75 Å². The first-order valence-electron chi connectivity index (χ1n) is 8.14. The van der Waals surface area contributed by atoms with Crippen LogP contribution in [0.25, 0.3) is 5.57 Å². The lowest BCUT2D eigenvalue weighted by atomic mass is 9.91. The number of carboxylic acid groups (broad SMARTS) is 1. The molecule has 1 aliphatic rings. The van der Waals surface area contributed by atoms with Crippen LogP contribution in [0.4, 0.5) is 13.2 Å². The maximum Gasteiger partial charge on any atom is 0.416 e. The highest BCUT2D eigenvalue weighted by Gasteiger charge is 2.33. The molecule has 2 aromatic carbocycles. The van der Waals surface area contributed by atoms with Crippen molar-refractivity contribution in [2.24, 2.45) is 0 Å². The van der Waals surface area contributed by atoms with Crippen LogP contribution in [0.5, 0.6) is 5.75 Å². The maximum absolute atomic E-state index is 13.1. The first kappa shape index (κ1) is 19.9. The average Bonchev–Trinajstić information content (AvgIpc) is 3.00. The number of nitrogens with one attached hydrogen (secondary N) is 2. The van der Waals surface area contributed by atoms with Crippen molar-refractivity contribution in [3.63, 3.8) is 0 Å². The summed E-state index contributed by atoms with van der Waals surface area (Å²) in [6, 6.07) is 9.85. The van der Waals surface area contributed by atoms with Gasteiger partial charge < -0.3 is 9.84 Å². The van der Waals surface area contributed by atoms with Gasteiger partial charge in [-0.2, -0.15) is 13.2 Å². The molecule has 2 amide bonds. The van der Waals surface area contributed by atoms with Crippen molar-refractivity contribution in [2.75, 3.05) is 6.61 Å². The number of amides is 2. The fourth-order valence-electron chi connectivity index (χ4n) is 2.74. The highest BCUT2D eigenvalue weighted by atomic mass is 19.4. The van der Waals surface area contributed by atoms with E-state index in [2.05, 4.69) is 10.9 Å². The molecule has 1 fully saturated rings. The number of alkyl halides is 3. The fourth-order valence-corrected chi connectivity index (χ4v) is 2.74. The molecule has 0 radical (unpaired) electrons. The zero-order chi connectivity index (χ0) is 21.2. The number of carbonyl (C=O) groups is 3. The number of hydrazine groups is 1. The zero-order valence-corrected chi connectivity index (χ0v) is 14.5. The Bertz CT molecular complexity index is 995. The van der Waals surface area contributed by atoms with Gasteiger partial charge in [0.1, 0.15) is 11.3 Å². The monoisotopic (exact) mass is 406 g/mol. The standard InChI is InChI=1S/C19H13F3N2O5/c20-19(21,22)12-3-1-2-11(8-12)15(16-17(27)23-24-18(16)28)10-4-6-13(7-5-10)29-9-14(25)26/h1-8H,9H2,(H,23,27)(H,24,28)(H,25,26). The summed E-state index contributed by atoms with van der Waals surface area (Å²) in [7, 11) is 0. The minimum Gasteiger partial charge on any atom is -0.482 e. The van der Waals surface area contributed by atoms with Crippen molar-refractivity contribution in [2.45, 2.75) is 6.18 Å². The summed E-state index contributed by atoms with van der Waals surface area (Å²) in [5.74, 6) is -2.55. The molecule has 0 spiro atoms. The molecule has 150 valence electrons. The summed E-state index contributed by atoms with van der Waals surface area (Å²) < 4.78 is 44.4. The topological polar surface area (TPSA) is 105 Å². The number of benzene rings is 2. The first-order valence-corrected chi connectivity index (χ1v) is 8.14. The van der Waals surface area contributed by atoms with Crippen LogP contribution in [-0.4, -0.2) is 29.5 Å². The van der Waals surface area contributed by atoms with E-state index >= 15 is 0 Å². The molecular formula is C19H13F3N2O5. The predicted octanol–water partition coefficient (Wildman–Crippen LogP) is 2.13. The van der Waals surface area contributed by atoms with Crippen LogP contribution >= 0.6 is 0 Å². The zero-order valence-electron chi connectivity index (χ0n) is 14.5. The van der Waals surface area contributed by atoms with E-state index < -0.39 is 36.1 Å². The first-order chi connectivity index (χ1) is 13.7. The van der Waals surface area contributed by atoms with Gasteiger partial charge in [0.2, 0.25) is 0 Å². The van der Waals surface area contributed by atoms with Gasteiger partial charge in [-0.15, -0.1) is 0 Å². The molecule has 1 heterocycles. The van der Waals surface area contributed by atoms with Crippen LogP contribution in [0.1, 0.15) is 16.7 Å². The molecule has 3 N–H and O–H groups in total. The molecule has 0 atom stereocenters. The number of aliphatic carboxylic acids is 1. The predicted molar refractivity (Wildman–Crippen MR) is 93.3 cm³/mol. The van der Waals surface area contributed by atoms with Gasteiger partial charge in [0.25, 0.3) is 11.8 Å². The summed E-state index contributed by atoms with van der Waals surface area (Å²) in [4.78, 5) is 34.8. The Morgan fingerprint density at radius 1 is 0.966 bits per heavy atom. The number of hydrogen-bond acceptors (Lipinski definition) is 4. The lowest BCUT2D eigenvalue weighted by molar-refractivity contribution is -0.139. The molecule has 29 heavy (non-hydrogen) atoms. The summed E-state index contributed by atoms with van der Waals surface area (Å²) in [5.41, 5.74) is 3.24. The minimum absolute atomic E-state index is 0.00613. The van der Waals surface area contributed by atoms with E-state index in [9.17, 15) is 27.6 Å². The SMILES string of the molecule is O=C(O)COc1ccc(C(=C2C(=O)NNC2=O)c2cccc(C(F)(F)F)c2)cc1. The van der Waals surface area contributed by atoms with Gasteiger partial charge in [-0.3, -0.25) is 20.4 Å². The van der Waals surface area contributed by atoms with E-state index in [-0.39, 0.29) is 28.0 Å². The quantitative estimate of drug-likeness (QED) is 0.521. The van der Waals surface area contributed by atoms with Crippen molar-refractivity contribution in [1.29, 1.82) is 0 Å². The Morgan fingerprint density at radius 2 is 1.59 bits per heavy atom. The largest absolute Gasteiger partial charge is 0.482 e. The highest BCUT2D eigenvalue weighted by molar-refractivity contribution is 6.28. The second-order valence-corrected chi connectivity index (χ2v) is 5.94. The molecule has 0 saturated carbocycles. The van der Waals surface area contributed by atoms with Gasteiger partial charge in [0, 0.05) is 5.57 Å². The Balaban J connectivity index is 2.11. The Labute approximate surface area is 161 Å². The van der Waals surface area contributed by atoms with Crippen molar-refractivity contribution >= 4 is 23.4 Å². The number of ether oxygens (including phenoxy) is 1. The van der Waals surface area contributed by atoms with Crippen LogP contribution in [0.3, 0.4) is 0 Å². The van der Waals surface area contributed by atoms with Gasteiger partial charge in [0.05, 0.1) is 5.56 Å². The van der Waals surface area contributed by atoms with Gasteiger partial charge in [-0.05, 0) is 35.4 Å². The van der Waals surface area contributed by atoms with Crippen molar-refractivity contribution < 1.29 is 37.4 Å². The van der Waals surface area contributed by atoms with E-state index in [1.54, 1.807) is 0 Å². The second-order valence-electron chi connectivity index (χ2n) is 5.94. The summed E-state index contributed by atoms with van der Waals surface area (Å²) >= 11 is 0. The molecule has 0 aromatic heterocycles. The molecule has 1 saturated heterocycles. The molecule has 0 bridgehead atoms. The third kappa shape index (κ3) is 4.37. The van der Waals surface area contributed by atoms with Crippen molar-refractivity contribution in [3.05, 3.63) is 70.8 Å². The third-order valence-corrected chi connectivity index (χ3v) is 3.98. The molecule has 2 aromatic rings. The van der Waals surface area contributed by atoms with Gasteiger partial charge in [-0.25, -0.2) is 4.79 Å². The van der Waals surface area contributed by atoms with Gasteiger partial charge in [-0.1, -0.05) is 24.3 Å². The number of carboxylic acids is 1. The van der Waals surface area contributed by atoms with Crippen LogP contribution in [0.2, 0.25) is 0 Å². The molecule has 7 nitrogen and oxygen atoms in total. The summed E-state index contributed by atoms with van der Waals surface area (Å²) in [6.45, 7) is -0.578. The smallest absolute Gasteiger partial charge is 0.416 e. The molecule has 10 heteroatoms. The van der Waals surface area contributed by atoms with E-state index in [0.29, 0.717) is 0 Å². The maximum atomic E-state index is 13.1. The van der Waals surface area contributed by atoms with Crippen LogP contribution in [-0.2, 0) is 20.6 Å². The number of hydrogen-bond donors (Lipinski definition) is 3. The van der Waals surface area contributed by atoms with E-state index in [4.69, 9.17) is 9.84 Å². The fraction of sp³-hybridized carbons (Fsp3) is 0.105. The number of rotatable bonds is 5. The Morgan fingerprint density at radius 3 is 2.14 bits per heavy atom. The minimum atomic E-state index is -4.61. The normalized spacial score (nSPS) is 13.7. The summed E-state index contributed by atoms with van der Waals surface area (Å²) in [5, 5.41) is 8.65.